The highest BCUT2D eigenvalue weighted by Gasteiger charge is 2.05. The molecule has 3 heteroatoms. The van der Waals surface area contributed by atoms with Gasteiger partial charge in [0.15, 0.2) is 0 Å². The summed E-state index contributed by atoms with van der Waals surface area (Å²) in [5.41, 5.74) is 3.56. The molecule has 1 aromatic carbocycles. The molecule has 0 fully saturated rings. The van der Waals surface area contributed by atoms with E-state index in [1.54, 1.807) is 0 Å². The number of hydrogen-bond acceptors (Lipinski definition) is 1. The fourth-order valence-corrected chi connectivity index (χ4v) is 1.92. The van der Waals surface area contributed by atoms with Crippen molar-refractivity contribution in [2.75, 3.05) is 6.54 Å². The van der Waals surface area contributed by atoms with Gasteiger partial charge >= 0.3 is 0 Å². The lowest BCUT2D eigenvalue weighted by Gasteiger charge is -2.11. The molecule has 0 radical (unpaired) electrons. The minimum Gasteiger partial charge on any atom is -0.356 e. The fraction of sp³-hybridized carbons (Fsp3) is 0.357. The van der Waals surface area contributed by atoms with Crippen molar-refractivity contribution in [3.05, 3.63) is 40.4 Å². The van der Waals surface area contributed by atoms with Gasteiger partial charge in [-0.3, -0.25) is 4.79 Å². The molecule has 2 nitrogen and oxygen atoms in total. The first-order valence-corrected chi connectivity index (χ1v) is 6.08. The van der Waals surface area contributed by atoms with E-state index in [1.807, 2.05) is 25.1 Å². The van der Waals surface area contributed by atoms with Crippen LogP contribution in [-0.2, 0) is 4.79 Å². The first-order valence-electron chi connectivity index (χ1n) is 5.70. The molecular weight excluding hydrogens is 234 g/mol. The first-order chi connectivity index (χ1) is 8.04. The minimum absolute atomic E-state index is 0.00303. The third kappa shape index (κ3) is 4.23. The van der Waals surface area contributed by atoms with Crippen LogP contribution in [0.25, 0.3) is 5.57 Å². The number of rotatable bonds is 4. The van der Waals surface area contributed by atoms with Gasteiger partial charge in [-0.2, -0.15) is 0 Å². The van der Waals surface area contributed by atoms with E-state index in [2.05, 4.69) is 18.3 Å². The average molecular weight is 252 g/mol. The second-order valence-electron chi connectivity index (χ2n) is 4.01. The summed E-state index contributed by atoms with van der Waals surface area (Å²) in [5, 5.41) is 3.54. The number of halogens is 1. The van der Waals surface area contributed by atoms with Crippen LogP contribution in [0.15, 0.2) is 24.3 Å². The summed E-state index contributed by atoms with van der Waals surface area (Å²) in [6.07, 6.45) is 2.89. The molecule has 0 saturated carbocycles. The van der Waals surface area contributed by atoms with Crippen LogP contribution < -0.4 is 5.32 Å². The topological polar surface area (TPSA) is 29.1 Å². The number of amides is 1. The van der Waals surface area contributed by atoms with Crippen molar-refractivity contribution in [3.8, 4) is 0 Å². The van der Waals surface area contributed by atoms with Crippen molar-refractivity contribution in [1.82, 2.24) is 5.32 Å². The normalized spacial score (nSPS) is 11.4. The molecule has 0 atom stereocenters. The summed E-state index contributed by atoms with van der Waals surface area (Å²) in [4.78, 5) is 10.8. The summed E-state index contributed by atoms with van der Waals surface area (Å²) in [6, 6.07) is 5.88. The predicted molar refractivity (Wildman–Crippen MR) is 73.1 cm³/mol. The molecule has 0 heterocycles. The lowest BCUT2D eigenvalue weighted by atomic mass is 9.98. The molecule has 1 amide bonds. The van der Waals surface area contributed by atoms with Gasteiger partial charge in [-0.05, 0) is 49.1 Å². The summed E-state index contributed by atoms with van der Waals surface area (Å²) in [7, 11) is 0. The quantitative estimate of drug-likeness (QED) is 0.871. The van der Waals surface area contributed by atoms with Gasteiger partial charge in [0.25, 0.3) is 0 Å². The molecule has 0 aromatic heterocycles. The first kappa shape index (κ1) is 13.8. The Morgan fingerprint density at radius 2 is 2.18 bits per heavy atom. The monoisotopic (exact) mass is 251 g/mol. The lowest BCUT2D eigenvalue weighted by Crippen LogP contribution is -2.21. The second-order valence-corrected chi connectivity index (χ2v) is 4.44. The van der Waals surface area contributed by atoms with Crippen LogP contribution >= 0.6 is 11.6 Å². The molecule has 1 rings (SSSR count). The number of carbonyl (C=O) groups is 1. The SMILES string of the molecule is C/C=C(/CCNC(C)=O)c1cc(Cl)ccc1C. The lowest BCUT2D eigenvalue weighted by molar-refractivity contribution is -0.118. The standard InChI is InChI=1S/C14H18ClNO/c1-4-12(7-8-16-11(3)17)14-9-13(15)6-5-10(14)2/h4-6,9H,7-8H2,1-3H3,(H,16,17)/b12-4-. The molecule has 0 unspecified atom stereocenters. The largest absolute Gasteiger partial charge is 0.356 e. The van der Waals surface area contributed by atoms with E-state index in [-0.39, 0.29) is 5.91 Å². The number of benzene rings is 1. The van der Waals surface area contributed by atoms with E-state index >= 15 is 0 Å². The molecule has 0 aliphatic rings. The zero-order chi connectivity index (χ0) is 12.8. The average Bonchev–Trinajstić information content (AvgIpc) is 2.28. The maximum absolute atomic E-state index is 10.8. The Kier molecular flexibility index (Phi) is 5.23. The van der Waals surface area contributed by atoms with Gasteiger partial charge in [-0.15, -0.1) is 0 Å². The van der Waals surface area contributed by atoms with Gasteiger partial charge in [-0.25, -0.2) is 0 Å². The highest BCUT2D eigenvalue weighted by atomic mass is 35.5. The Bertz CT molecular complexity index is 438. The molecule has 1 N–H and O–H groups in total. The van der Waals surface area contributed by atoms with E-state index in [1.165, 1.54) is 18.1 Å². The van der Waals surface area contributed by atoms with Crippen molar-refractivity contribution in [2.45, 2.75) is 27.2 Å². The zero-order valence-electron chi connectivity index (χ0n) is 10.5. The molecular formula is C14H18ClNO. The highest BCUT2D eigenvalue weighted by molar-refractivity contribution is 6.30. The van der Waals surface area contributed by atoms with E-state index in [9.17, 15) is 4.79 Å². The van der Waals surface area contributed by atoms with Gasteiger partial charge < -0.3 is 5.32 Å². The van der Waals surface area contributed by atoms with Crippen LogP contribution in [-0.4, -0.2) is 12.5 Å². The fourth-order valence-electron chi connectivity index (χ4n) is 1.75. The van der Waals surface area contributed by atoms with Crippen molar-refractivity contribution in [3.63, 3.8) is 0 Å². The molecule has 17 heavy (non-hydrogen) atoms. The Morgan fingerprint density at radius 1 is 1.47 bits per heavy atom. The van der Waals surface area contributed by atoms with Crippen LogP contribution in [0.5, 0.6) is 0 Å². The van der Waals surface area contributed by atoms with E-state index < -0.39 is 0 Å². The summed E-state index contributed by atoms with van der Waals surface area (Å²) in [6.45, 7) is 6.25. The summed E-state index contributed by atoms with van der Waals surface area (Å²) >= 11 is 6.01. The Hall–Kier alpha value is -1.28. The molecule has 92 valence electrons. The van der Waals surface area contributed by atoms with Crippen molar-refractivity contribution >= 4 is 23.1 Å². The number of allylic oxidation sites excluding steroid dienone is 1. The number of aryl methyl sites for hydroxylation is 1. The molecule has 0 spiro atoms. The van der Waals surface area contributed by atoms with E-state index in [0.29, 0.717) is 6.54 Å². The Labute approximate surface area is 108 Å². The van der Waals surface area contributed by atoms with Gasteiger partial charge in [-0.1, -0.05) is 23.7 Å². The molecule has 0 aliphatic carbocycles. The van der Waals surface area contributed by atoms with Crippen molar-refractivity contribution < 1.29 is 4.79 Å². The summed E-state index contributed by atoms with van der Waals surface area (Å²) < 4.78 is 0. The number of nitrogens with one attached hydrogen (secondary N) is 1. The molecule has 0 saturated heterocycles. The minimum atomic E-state index is 0.00303. The van der Waals surface area contributed by atoms with Crippen molar-refractivity contribution in [2.24, 2.45) is 0 Å². The third-order valence-electron chi connectivity index (χ3n) is 2.66. The Morgan fingerprint density at radius 3 is 2.76 bits per heavy atom. The van der Waals surface area contributed by atoms with Crippen LogP contribution in [0, 0.1) is 6.92 Å². The van der Waals surface area contributed by atoms with E-state index in [0.717, 1.165) is 17.0 Å². The van der Waals surface area contributed by atoms with Gasteiger partial charge in [0.2, 0.25) is 5.91 Å². The molecule has 0 bridgehead atoms. The van der Waals surface area contributed by atoms with E-state index in [4.69, 9.17) is 11.6 Å². The van der Waals surface area contributed by atoms with Gasteiger partial charge in [0.1, 0.15) is 0 Å². The smallest absolute Gasteiger partial charge is 0.216 e. The second kappa shape index (κ2) is 6.45. The number of hydrogen-bond donors (Lipinski definition) is 1. The third-order valence-corrected chi connectivity index (χ3v) is 2.90. The molecule has 0 aliphatic heterocycles. The van der Waals surface area contributed by atoms with Crippen LogP contribution in [0.1, 0.15) is 31.4 Å². The van der Waals surface area contributed by atoms with Crippen LogP contribution in [0.3, 0.4) is 0 Å². The zero-order valence-corrected chi connectivity index (χ0v) is 11.3. The maximum Gasteiger partial charge on any atom is 0.216 e. The van der Waals surface area contributed by atoms with Crippen LogP contribution in [0.4, 0.5) is 0 Å². The Balaban J connectivity index is 2.80. The van der Waals surface area contributed by atoms with Gasteiger partial charge in [0.05, 0.1) is 0 Å². The predicted octanol–water partition coefficient (Wildman–Crippen LogP) is 3.58. The highest BCUT2D eigenvalue weighted by Crippen LogP contribution is 2.24. The molecule has 1 aromatic rings. The van der Waals surface area contributed by atoms with Gasteiger partial charge in [0, 0.05) is 18.5 Å². The maximum atomic E-state index is 10.8. The van der Waals surface area contributed by atoms with Crippen molar-refractivity contribution in [1.29, 1.82) is 0 Å². The number of carbonyl (C=O) groups excluding carboxylic acids is 1. The van der Waals surface area contributed by atoms with Crippen LogP contribution in [0.2, 0.25) is 5.02 Å². The summed E-state index contributed by atoms with van der Waals surface area (Å²) in [5.74, 6) is 0.00303.